The van der Waals surface area contributed by atoms with Gasteiger partial charge in [0.05, 0.1) is 15.9 Å². The van der Waals surface area contributed by atoms with Crippen molar-refractivity contribution in [3.05, 3.63) is 33.3 Å². The van der Waals surface area contributed by atoms with Crippen LogP contribution in [-0.4, -0.2) is 52.6 Å². The summed E-state index contributed by atoms with van der Waals surface area (Å²) in [5.74, 6) is -0.114. The fourth-order valence-electron chi connectivity index (χ4n) is 2.34. The predicted molar refractivity (Wildman–Crippen MR) is 104 cm³/mol. The molecular formula is C16H18ClN5OS2. The van der Waals surface area contributed by atoms with Crippen molar-refractivity contribution in [3.8, 4) is 0 Å². The number of halogens is 1. The Kier molecular flexibility index (Phi) is 5.33. The topological polar surface area (TPSA) is 62.2 Å². The lowest BCUT2D eigenvalue weighted by atomic mass is 10.2. The Morgan fingerprint density at radius 1 is 1.24 bits per heavy atom. The van der Waals surface area contributed by atoms with E-state index in [1.165, 1.54) is 11.3 Å². The van der Waals surface area contributed by atoms with Crippen LogP contribution >= 0.6 is 34.5 Å². The fraction of sp³-hybridized carbons (Fsp3) is 0.375. The third-order valence-corrected chi connectivity index (χ3v) is 6.10. The van der Waals surface area contributed by atoms with Gasteiger partial charge in [-0.25, -0.2) is 4.98 Å². The summed E-state index contributed by atoms with van der Waals surface area (Å²) in [4.78, 5) is 22.0. The molecule has 0 N–H and O–H groups in total. The van der Waals surface area contributed by atoms with E-state index in [1.807, 2.05) is 38.1 Å². The van der Waals surface area contributed by atoms with Gasteiger partial charge in [0.1, 0.15) is 4.88 Å². The van der Waals surface area contributed by atoms with Crippen LogP contribution in [0.25, 0.3) is 10.2 Å². The quantitative estimate of drug-likeness (QED) is 0.660. The van der Waals surface area contributed by atoms with Gasteiger partial charge in [0, 0.05) is 18.1 Å². The van der Waals surface area contributed by atoms with E-state index in [2.05, 4.69) is 9.59 Å². The number of aromatic nitrogens is 3. The number of carbonyl (C=O) groups excluding carboxylic acids is 1. The molecule has 9 heteroatoms. The second-order valence-corrected chi connectivity index (χ2v) is 8.13. The molecule has 0 aliphatic rings. The SMILES string of the molecule is Cc1nnsc1C(=O)N(CCN(C)C)c1nc2c(C)c(Cl)ccc2s1. The Morgan fingerprint density at radius 2 is 2.00 bits per heavy atom. The fourth-order valence-corrected chi connectivity index (χ4v) is 4.15. The van der Waals surface area contributed by atoms with Gasteiger partial charge in [0.25, 0.3) is 5.91 Å². The highest BCUT2D eigenvalue weighted by molar-refractivity contribution is 7.22. The Balaban J connectivity index is 2.03. The molecule has 132 valence electrons. The molecule has 2 aromatic heterocycles. The molecule has 0 saturated carbocycles. The second-order valence-electron chi connectivity index (χ2n) is 5.96. The lowest BCUT2D eigenvalue weighted by Gasteiger charge is -2.21. The summed E-state index contributed by atoms with van der Waals surface area (Å²) in [6.07, 6.45) is 0. The number of aryl methyl sites for hydroxylation is 2. The third kappa shape index (κ3) is 3.67. The van der Waals surface area contributed by atoms with E-state index in [4.69, 9.17) is 16.6 Å². The van der Waals surface area contributed by atoms with Gasteiger partial charge in [-0.1, -0.05) is 27.4 Å². The molecule has 0 aliphatic carbocycles. The minimum Gasteiger partial charge on any atom is -0.308 e. The number of thiazole rings is 1. The van der Waals surface area contributed by atoms with Crippen molar-refractivity contribution in [1.82, 2.24) is 19.5 Å². The van der Waals surface area contributed by atoms with Gasteiger partial charge in [0.2, 0.25) is 0 Å². The van der Waals surface area contributed by atoms with E-state index in [1.54, 1.807) is 11.8 Å². The number of carbonyl (C=O) groups is 1. The van der Waals surface area contributed by atoms with Crippen molar-refractivity contribution in [3.63, 3.8) is 0 Å². The predicted octanol–water partition coefficient (Wildman–Crippen LogP) is 3.63. The maximum absolute atomic E-state index is 13.0. The van der Waals surface area contributed by atoms with Crippen LogP contribution < -0.4 is 4.90 Å². The van der Waals surface area contributed by atoms with E-state index in [-0.39, 0.29) is 5.91 Å². The van der Waals surface area contributed by atoms with Gasteiger partial charge in [-0.05, 0) is 57.2 Å². The number of hydrogen-bond acceptors (Lipinski definition) is 7. The average Bonchev–Trinajstić information content (AvgIpc) is 3.17. The summed E-state index contributed by atoms with van der Waals surface area (Å²) in [5.41, 5.74) is 2.41. The summed E-state index contributed by atoms with van der Waals surface area (Å²) in [6, 6.07) is 3.81. The highest BCUT2D eigenvalue weighted by atomic mass is 35.5. The van der Waals surface area contributed by atoms with Crippen LogP contribution in [0.5, 0.6) is 0 Å². The molecule has 25 heavy (non-hydrogen) atoms. The van der Waals surface area contributed by atoms with Crippen molar-refractivity contribution < 1.29 is 4.79 Å². The molecule has 1 aromatic carbocycles. The minimum atomic E-state index is -0.114. The first-order valence-electron chi connectivity index (χ1n) is 7.69. The molecule has 0 saturated heterocycles. The molecule has 0 atom stereocenters. The summed E-state index contributed by atoms with van der Waals surface area (Å²) < 4.78 is 4.89. The van der Waals surface area contributed by atoms with Crippen molar-refractivity contribution in [2.24, 2.45) is 0 Å². The van der Waals surface area contributed by atoms with Crippen LogP contribution in [0.3, 0.4) is 0 Å². The first kappa shape index (κ1) is 18.2. The van der Waals surface area contributed by atoms with Crippen molar-refractivity contribution >= 4 is 55.7 Å². The largest absolute Gasteiger partial charge is 0.308 e. The second kappa shape index (κ2) is 7.33. The Hall–Kier alpha value is -1.61. The monoisotopic (exact) mass is 395 g/mol. The number of benzene rings is 1. The van der Waals surface area contributed by atoms with E-state index in [9.17, 15) is 4.79 Å². The van der Waals surface area contributed by atoms with Crippen LogP contribution in [0.2, 0.25) is 5.02 Å². The van der Waals surface area contributed by atoms with E-state index < -0.39 is 0 Å². The van der Waals surface area contributed by atoms with Crippen molar-refractivity contribution in [2.45, 2.75) is 13.8 Å². The molecule has 3 aromatic rings. The number of nitrogens with zero attached hydrogens (tertiary/aromatic N) is 5. The molecule has 0 radical (unpaired) electrons. The number of fused-ring (bicyclic) bond motifs is 1. The van der Waals surface area contributed by atoms with Gasteiger partial charge >= 0.3 is 0 Å². The number of hydrogen-bond donors (Lipinski definition) is 0. The Labute approximate surface area is 159 Å². The third-order valence-electron chi connectivity index (χ3n) is 3.83. The highest BCUT2D eigenvalue weighted by Gasteiger charge is 2.25. The maximum atomic E-state index is 13.0. The molecule has 3 rings (SSSR count). The first-order valence-corrected chi connectivity index (χ1v) is 9.66. The van der Waals surface area contributed by atoms with Crippen LogP contribution in [0.15, 0.2) is 12.1 Å². The number of likely N-dealkylation sites (N-methyl/N-ethyl adjacent to an activating group) is 1. The summed E-state index contributed by atoms with van der Waals surface area (Å²) >= 11 is 8.82. The molecule has 1 amide bonds. The van der Waals surface area contributed by atoms with E-state index >= 15 is 0 Å². The highest BCUT2D eigenvalue weighted by Crippen LogP contribution is 2.34. The summed E-state index contributed by atoms with van der Waals surface area (Å²) in [5, 5.41) is 5.30. The van der Waals surface area contributed by atoms with Crippen molar-refractivity contribution in [1.29, 1.82) is 0 Å². The normalized spacial score (nSPS) is 11.4. The van der Waals surface area contributed by atoms with Gasteiger partial charge < -0.3 is 4.90 Å². The minimum absolute atomic E-state index is 0.114. The standard InChI is InChI=1S/C16H18ClN5OS2/c1-9-11(17)5-6-12-13(9)18-16(24-12)22(8-7-21(3)4)15(23)14-10(2)19-20-25-14/h5-6H,7-8H2,1-4H3. The first-order chi connectivity index (χ1) is 11.9. The van der Waals surface area contributed by atoms with Crippen LogP contribution in [0.1, 0.15) is 20.9 Å². The van der Waals surface area contributed by atoms with Crippen LogP contribution in [0, 0.1) is 13.8 Å². The lowest BCUT2D eigenvalue weighted by Crippen LogP contribution is -2.36. The molecule has 2 heterocycles. The molecule has 0 bridgehead atoms. The molecule has 0 unspecified atom stereocenters. The Bertz CT molecular complexity index is 921. The smallest absolute Gasteiger partial charge is 0.273 e. The van der Waals surface area contributed by atoms with Gasteiger partial charge in [-0.2, -0.15) is 0 Å². The number of amides is 1. The zero-order valence-electron chi connectivity index (χ0n) is 14.4. The average molecular weight is 396 g/mol. The molecule has 0 aliphatic heterocycles. The van der Waals surface area contributed by atoms with Crippen LogP contribution in [-0.2, 0) is 0 Å². The Morgan fingerprint density at radius 3 is 2.64 bits per heavy atom. The lowest BCUT2D eigenvalue weighted by molar-refractivity contribution is 0.0988. The van der Waals surface area contributed by atoms with Gasteiger partial charge in [0.15, 0.2) is 5.13 Å². The molecule has 0 spiro atoms. The van der Waals surface area contributed by atoms with Gasteiger partial charge in [-0.15, -0.1) is 5.10 Å². The molecule has 6 nitrogen and oxygen atoms in total. The number of rotatable bonds is 5. The zero-order chi connectivity index (χ0) is 18.1. The van der Waals surface area contributed by atoms with E-state index in [0.717, 1.165) is 33.9 Å². The summed E-state index contributed by atoms with van der Waals surface area (Å²) in [6.45, 7) is 5.00. The maximum Gasteiger partial charge on any atom is 0.273 e. The summed E-state index contributed by atoms with van der Waals surface area (Å²) in [7, 11) is 3.95. The van der Waals surface area contributed by atoms with E-state index in [0.29, 0.717) is 27.3 Å². The van der Waals surface area contributed by atoms with Crippen molar-refractivity contribution in [2.75, 3.05) is 32.1 Å². The zero-order valence-corrected chi connectivity index (χ0v) is 16.8. The van der Waals surface area contributed by atoms with Gasteiger partial charge in [-0.3, -0.25) is 9.69 Å². The van der Waals surface area contributed by atoms with Crippen LogP contribution in [0.4, 0.5) is 5.13 Å². The molecule has 0 fully saturated rings. The number of anilines is 1. The molecular weight excluding hydrogens is 378 g/mol.